The SMILES string of the molecule is O=C(N[C@@H]1C[C@H]2CCN(C2)C1)c1ccn2ccnc2c1. The van der Waals surface area contributed by atoms with Gasteiger partial charge in [0.1, 0.15) is 5.65 Å². The van der Waals surface area contributed by atoms with E-state index in [0.717, 1.165) is 24.5 Å². The van der Waals surface area contributed by atoms with Gasteiger partial charge < -0.3 is 14.6 Å². The molecule has 2 aromatic heterocycles. The van der Waals surface area contributed by atoms with Gasteiger partial charge in [0.25, 0.3) is 5.91 Å². The van der Waals surface area contributed by atoms with Crippen LogP contribution in [0.4, 0.5) is 0 Å². The average Bonchev–Trinajstić information content (AvgIpc) is 3.04. The van der Waals surface area contributed by atoms with Gasteiger partial charge in [-0.25, -0.2) is 4.98 Å². The zero-order valence-electron chi connectivity index (χ0n) is 11.3. The van der Waals surface area contributed by atoms with Gasteiger partial charge in [-0.15, -0.1) is 0 Å². The van der Waals surface area contributed by atoms with Crippen molar-refractivity contribution in [1.29, 1.82) is 0 Å². The Morgan fingerprint density at radius 2 is 2.30 bits per heavy atom. The maximum Gasteiger partial charge on any atom is 0.251 e. The first kappa shape index (κ1) is 11.9. The highest BCUT2D eigenvalue weighted by molar-refractivity contribution is 5.95. The fraction of sp³-hybridized carbons (Fsp3) is 0.467. The monoisotopic (exact) mass is 270 g/mol. The smallest absolute Gasteiger partial charge is 0.251 e. The minimum atomic E-state index is 0.0167. The number of nitrogens with one attached hydrogen (secondary N) is 1. The van der Waals surface area contributed by atoms with Gasteiger partial charge in [0.2, 0.25) is 0 Å². The lowest BCUT2D eigenvalue weighted by Crippen LogP contribution is -2.47. The highest BCUT2D eigenvalue weighted by atomic mass is 16.1. The van der Waals surface area contributed by atoms with Crippen molar-refractivity contribution in [2.24, 2.45) is 5.92 Å². The van der Waals surface area contributed by atoms with Gasteiger partial charge in [0, 0.05) is 43.3 Å². The van der Waals surface area contributed by atoms with Crippen molar-refractivity contribution in [2.75, 3.05) is 19.6 Å². The standard InChI is InChI=1S/C15H18N4O/c20-15(12-2-5-19-6-3-16-14(19)8-12)17-13-7-11-1-4-18(9-11)10-13/h2-3,5-6,8,11,13H,1,4,7,9-10H2,(H,17,20)/t11-,13-/m1/s1. The van der Waals surface area contributed by atoms with E-state index >= 15 is 0 Å². The second-order valence-electron chi connectivity index (χ2n) is 5.93. The van der Waals surface area contributed by atoms with Gasteiger partial charge in [-0.3, -0.25) is 4.79 Å². The number of imidazole rings is 1. The third kappa shape index (κ3) is 2.08. The number of carbonyl (C=O) groups is 1. The van der Waals surface area contributed by atoms with Gasteiger partial charge in [-0.05, 0) is 37.4 Å². The number of amides is 1. The largest absolute Gasteiger partial charge is 0.348 e. The summed E-state index contributed by atoms with van der Waals surface area (Å²) in [5.74, 6) is 0.784. The van der Waals surface area contributed by atoms with Crippen molar-refractivity contribution in [3.63, 3.8) is 0 Å². The van der Waals surface area contributed by atoms with Gasteiger partial charge in [0.15, 0.2) is 0 Å². The van der Waals surface area contributed by atoms with E-state index in [-0.39, 0.29) is 5.91 Å². The van der Waals surface area contributed by atoms with Crippen LogP contribution in [0.2, 0.25) is 0 Å². The van der Waals surface area contributed by atoms with E-state index in [2.05, 4.69) is 15.2 Å². The fourth-order valence-electron chi connectivity index (χ4n) is 3.48. The first-order valence-corrected chi connectivity index (χ1v) is 7.24. The summed E-state index contributed by atoms with van der Waals surface area (Å²) in [7, 11) is 0. The molecule has 5 heteroatoms. The number of rotatable bonds is 2. The Labute approximate surface area is 117 Å². The minimum Gasteiger partial charge on any atom is -0.348 e. The molecule has 1 amide bonds. The van der Waals surface area contributed by atoms with E-state index in [1.165, 1.54) is 19.5 Å². The number of carbonyl (C=O) groups excluding carboxylic acids is 1. The quantitative estimate of drug-likeness (QED) is 0.891. The molecule has 2 aromatic rings. The maximum atomic E-state index is 12.3. The Morgan fingerprint density at radius 3 is 3.20 bits per heavy atom. The maximum absolute atomic E-state index is 12.3. The Morgan fingerprint density at radius 1 is 1.35 bits per heavy atom. The Bertz CT molecular complexity index is 638. The summed E-state index contributed by atoms with van der Waals surface area (Å²) in [6.45, 7) is 3.40. The molecule has 104 valence electrons. The highest BCUT2D eigenvalue weighted by Crippen LogP contribution is 2.26. The second kappa shape index (κ2) is 4.59. The van der Waals surface area contributed by atoms with E-state index in [4.69, 9.17) is 0 Å². The van der Waals surface area contributed by atoms with Crippen LogP contribution in [0.15, 0.2) is 30.7 Å². The molecule has 0 aliphatic carbocycles. The van der Waals surface area contributed by atoms with Crippen LogP contribution in [0.3, 0.4) is 0 Å². The van der Waals surface area contributed by atoms with Crippen LogP contribution in [-0.2, 0) is 0 Å². The van der Waals surface area contributed by atoms with Gasteiger partial charge in [0.05, 0.1) is 0 Å². The molecule has 2 aliphatic rings. The van der Waals surface area contributed by atoms with Gasteiger partial charge in [-0.1, -0.05) is 0 Å². The molecule has 1 unspecified atom stereocenters. The summed E-state index contributed by atoms with van der Waals surface area (Å²) in [5, 5.41) is 3.18. The number of pyridine rings is 1. The summed E-state index contributed by atoms with van der Waals surface area (Å²) in [6, 6.07) is 3.98. The number of aromatic nitrogens is 2. The minimum absolute atomic E-state index is 0.0167. The van der Waals surface area contributed by atoms with E-state index in [1.54, 1.807) is 6.20 Å². The van der Waals surface area contributed by atoms with Crippen LogP contribution >= 0.6 is 0 Å². The van der Waals surface area contributed by atoms with Crippen LogP contribution < -0.4 is 5.32 Å². The van der Waals surface area contributed by atoms with Crippen LogP contribution in [0.5, 0.6) is 0 Å². The van der Waals surface area contributed by atoms with Crippen molar-refractivity contribution in [2.45, 2.75) is 18.9 Å². The van der Waals surface area contributed by atoms with Crippen LogP contribution in [0.25, 0.3) is 5.65 Å². The number of hydrogen-bond acceptors (Lipinski definition) is 3. The lowest BCUT2D eigenvalue weighted by Gasteiger charge is -2.30. The molecule has 2 bridgehead atoms. The molecule has 4 rings (SSSR count). The van der Waals surface area contributed by atoms with E-state index in [0.29, 0.717) is 11.6 Å². The van der Waals surface area contributed by atoms with E-state index < -0.39 is 0 Å². The summed E-state index contributed by atoms with van der Waals surface area (Å²) < 4.78 is 1.91. The van der Waals surface area contributed by atoms with Crippen molar-refractivity contribution >= 4 is 11.6 Å². The van der Waals surface area contributed by atoms with Crippen LogP contribution in [0.1, 0.15) is 23.2 Å². The zero-order valence-corrected chi connectivity index (χ0v) is 11.3. The molecule has 20 heavy (non-hydrogen) atoms. The normalized spacial score (nSPS) is 28.7. The predicted octanol–water partition coefficient (Wildman–Crippen LogP) is 1.16. The van der Waals surface area contributed by atoms with Crippen molar-refractivity contribution < 1.29 is 4.79 Å². The Balaban J connectivity index is 1.49. The number of piperidine rings is 1. The molecule has 0 aromatic carbocycles. The average molecular weight is 270 g/mol. The topological polar surface area (TPSA) is 49.6 Å². The second-order valence-corrected chi connectivity index (χ2v) is 5.93. The number of hydrogen-bond donors (Lipinski definition) is 1. The van der Waals surface area contributed by atoms with Gasteiger partial charge in [-0.2, -0.15) is 0 Å². The first-order valence-electron chi connectivity index (χ1n) is 7.24. The molecular formula is C15H18N4O. The first-order chi connectivity index (χ1) is 9.78. The third-order valence-corrected chi connectivity index (χ3v) is 4.46. The Kier molecular flexibility index (Phi) is 2.73. The van der Waals surface area contributed by atoms with Crippen molar-refractivity contribution in [3.8, 4) is 0 Å². The van der Waals surface area contributed by atoms with E-state index in [1.807, 2.05) is 28.9 Å². The highest BCUT2D eigenvalue weighted by Gasteiger charge is 2.32. The molecule has 0 spiro atoms. The summed E-state index contributed by atoms with van der Waals surface area (Å²) in [5.41, 5.74) is 1.50. The predicted molar refractivity (Wildman–Crippen MR) is 75.6 cm³/mol. The van der Waals surface area contributed by atoms with Crippen molar-refractivity contribution in [1.82, 2.24) is 19.6 Å². The third-order valence-electron chi connectivity index (χ3n) is 4.46. The van der Waals surface area contributed by atoms with E-state index in [9.17, 15) is 4.79 Å². The lowest BCUT2D eigenvalue weighted by atomic mass is 9.96. The molecular weight excluding hydrogens is 252 g/mol. The van der Waals surface area contributed by atoms with Gasteiger partial charge >= 0.3 is 0 Å². The molecule has 2 saturated heterocycles. The fourth-order valence-corrected chi connectivity index (χ4v) is 3.48. The van der Waals surface area contributed by atoms with Crippen molar-refractivity contribution in [3.05, 3.63) is 36.3 Å². The lowest BCUT2D eigenvalue weighted by molar-refractivity contribution is 0.0909. The number of nitrogens with zero attached hydrogens (tertiary/aromatic N) is 3. The number of fused-ring (bicyclic) bond motifs is 3. The molecule has 1 N–H and O–H groups in total. The molecule has 5 nitrogen and oxygen atoms in total. The zero-order chi connectivity index (χ0) is 13.5. The molecule has 4 heterocycles. The molecule has 0 radical (unpaired) electrons. The molecule has 0 saturated carbocycles. The summed E-state index contributed by atoms with van der Waals surface area (Å²) >= 11 is 0. The molecule has 2 aliphatic heterocycles. The Hall–Kier alpha value is -1.88. The van der Waals surface area contributed by atoms with Crippen LogP contribution in [-0.4, -0.2) is 45.9 Å². The summed E-state index contributed by atoms with van der Waals surface area (Å²) in [4.78, 5) is 19.0. The summed E-state index contributed by atoms with van der Waals surface area (Å²) in [6.07, 6.45) is 7.90. The molecule has 2 fully saturated rings. The molecule has 3 atom stereocenters. The van der Waals surface area contributed by atoms with Crippen LogP contribution in [0, 0.1) is 5.92 Å².